The lowest BCUT2D eigenvalue weighted by molar-refractivity contribution is -0.135. The number of ether oxygens (including phenoxy) is 2. The molecule has 0 aromatic heterocycles. The van der Waals surface area contributed by atoms with Crippen LogP contribution in [0.2, 0.25) is 0 Å². The minimum absolute atomic E-state index is 0.112. The predicted octanol–water partition coefficient (Wildman–Crippen LogP) is 2.64. The molecule has 6 nitrogen and oxygen atoms in total. The Kier molecular flexibility index (Phi) is 5.81. The summed E-state index contributed by atoms with van der Waals surface area (Å²) in [7, 11) is 1.60. The number of likely N-dealkylation sites (tertiary alicyclic amines) is 1. The topological polar surface area (TPSA) is 59.1 Å². The molecule has 2 fully saturated rings. The van der Waals surface area contributed by atoms with Crippen LogP contribution >= 0.6 is 0 Å². The van der Waals surface area contributed by atoms with Gasteiger partial charge in [0.1, 0.15) is 5.60 Å². The molecule has 1 atom stereocenters. The van der Waals surface area contributed by atoms with Gasteiger partial charge in [0.05, 0.1) is 19.6 Å². The number of nitrogens with zero attached hydrogens (tertiary/aromatic N) is 2. The summed E-state index contributed by atoms with van der Waals surface area (Å²) in [5.74, 6) is 0.371. The number of carbonyl (C=O) groups excluding carboxylic acids is 2. The van der Waals surface area contributed by atoms with Crippen molar-refractivity contribution in [3.05, 3.63) is 35.9 Å². The van der Waals surface area contributed by atoms with Crippen LogP contribution in [0.1, 0.15) is 37.7 Å². The number of benzene rings is 1. The molecule has 142 valence electrons. The van der Waals surface area contributed by atoms with Crippen molar-refractivity contribution in [2.24, 2.45) is 0 Å². The van der Waals surface area contributed by atoms with E-state index in [4.69, 9.17) is 9.47 Å². The second kappa shape index (κ2) is 8.08. The summed E-state index contributed by atoms with van der Waals surface area (Å²) in [6.07, 6.45) is 1.58. The third-order valence-electron chi connectivity index (χ3n) is 5.45. The van der Waals surface area contributed by atoms with Crippen LogP contribution in [-0.4, -0.2) is 67.3 Å². The van der Waals surface area contributed by atoms with Crippen LogP contribution in [0.4, 0.5) is 4.79 Å². The number of rotatable bonds is 6. The van der Waals surface area contributed by atoms with Crippen molar-refractivity contribution < 1.29 is 19.1 Å². The normalized spacial score (nSPS) is 20.3. The van der Waals surface area contributed by atoms with Gasteiger partial charge >= 0.3 is 6.09 Å². The molecule has 26 heavy (non-hydrogen) atoms. The summed E-state index contributed by atoms with van der Waals surface area (Å²) in [5, 5.41) is 0. The summed E-state index contributed by atoms with van der Waals surface area (Å²) in [4.78, 5) is 28.2. The molecule has 2 aliphatic rings. The fraction of sp³-hybridized carbons (Fsp3) is 0.600. The minimum atomic E-state index is -0.439. The molecule has 0 bridgehead atoms. The molecule has 2 saturated heterocycles. The van der Waals surface area contributed by atoms with E-state index in [0.29, 0.717) is 52.0 Å². The highest BCUT2D eigenvalue weighted by Crippen LogP contribution is 2.34. The fourth-order valence-electron chi connectivity index (χ4n) is 3.82. The molecule has 1 aromatic carbocycles. The lowest BCUT2D eigenvalue weighted by atomic mass is 9.90. The van der Waals surface area contributed by atoms with Crippen LogP contribution in [0.25, 0.3) is 0 Å². The summed E-state index contributed by atoms with van der Waals surface area (Å²) in [6, 6.07) is 10.2. The second-order valence-electron chi connectivity index (χ2n) is 7.37. The van der Waals surface area contributed by atoms with Crippen molar-refractivity contribution >= 4 is 12.0 Å². The highest BCUT2D eigenvalue weighted by molar-refractivity contribution is 5.76. The summed E-state index contributed by atoms with van der Waals surface area (Å²) < 4.78 is 10.7. The Bertz CT molecular complexity index is 626. The third kappa shape index (κ3) is 4.18. The van der Waals surface area contributed by atoms with Crippen LogP contribution in [-0.2, 0) is 14.3 Å². The van der Waals surface area contributed by atoms with E-state index < -0.39 is 5.60 Å². The van der Waals surface area contributed by atoms with E-state index in [1.807, 2.05) is 28.0 Å². The Labute approximate surface area is 155 Å². The van der Waals surface area contributed by atoms with E-state index >= 15 is 0 Å². The highest BCUT2D eigenvalue weighted by Gasteiger charge is 2.47. The molecule has 0 radical (unpaired) electrons. The monoisotopic (exact) mass is 360 g/mol. The van der Waals surface area contributed by atoms with Crippen LogP contribution in [0.5, 0.6) is 0 Å². The van der Waals surface area contributed by atoms with Crippen LogP contribution in [0.15, 0.2) is 30.3 Å². The molecule has 0 N–H and O–H groups in total. The number of hydrogen-bond acceptors (Lipinski definition) is 4. The van der Waals surface area contributed by atoms with Gasteiger partial charge < -0.3 is 19.3 Å². The Morgan fingerprint density at radius 2 is 1.96 bits per heavy atom. The molecular formula is C20H28N2O4. The second-order valence-corrected chi connectivity index (χ2v) is 7.37. The Balaban J connectivity index is 1.54. The van der Waals surface area contributed by atoms with Gasteiger partial charge in [-0.25, -0.2) is 4.79 Å². The lowest BCUT2D eigenvalue weighted by Gasteiger charge is -2.37. The molecule has 2 aliphatic heterocycles. The minimum Gasteiger partial charge on any atom is -0.441 e. The largest absolute Gasteiger partial charge is 0.441 e. The lowest BCUT2D eigenvalue weighted by Crippen LogP contribution is -2.49. The van der Waals surface area contributed by atoms with Crippen LogP contribution in [0, 0.1) is 0 Å². The molecule has 3 rings (SSSR count). The maximum absolute atomic E-state index is 12.4. The fourth-order valence-corrected chi connectivity index (χ4v) is 3.82. The smallest absolute Gasteiger partial charge is 0.410 e. The van der Waals surface area contributed by atoms with Gasteiger partial charge in [-0.15, -0.1) is 0 Å². The first kappa shape index (κ1) is 18.7. The molecular weight excluding hydrogens is 332 g/mol. The number of hydrogen-bond donors (Lipinski definition) is 0. The van der Waals surface area contributed by atoms with Crippen LogP contribution < -0.4 is 0 Å². The zero-order valence-corrected chi connectivity index (χ0v) is 15.6. The number of amides is 2. The Hall–Kier alpha value is -2.08. The predicted molar refractivity (Wildman–Crippen MR) is 97.9 cm³/mol. The maximum atomic E-state index is 12.4. The number of piperidine rings is 1. The summed E-state index contributed by atoms with van der Waals surface area (Å²) in [5.41, 5.74) is 0.783. The van der Waals surface area contributed by atoms with E-state index in [9.17, 15) is 9.59 Å². The molecule has 6 heteroatoms. The van der Waals surface area contributed by atoms with E-state index in [1.165, 1.54) is 5.56 Å². The highest BCUT2D eigenvalue weighted by atomic mass is 16.6. The van der Waals surface area contributed by atoms with E-state index in [1.54, 1.807) is 7.11 Å². The van der Waals surface area contributed by atoms with Crippen molar-refractivity contribution in [2.75, 3.05) is 39.9 Å². The van der Waals surface area contributed by atoms with Gasteiger partial charge in [0.15, 0.2) is 0 Å². The standard InChI is InChI=1S/C20H28N2O4/c1-16(17-6-4-3-5-7-17)14-22-15-20(26-19(22)24)9-11-21(12-10-20)18(23)8-13-25-2/h3-7,16H,8-15H2,1-2H3/t16-/m0/s1. The summed E-state index contributed by atoms with van der Waals surface area (Å²) >= 11 is 0. The van der Waals surface area contributed by atoms with Gasteiger partial charge in [-0.3, -0.25) is 4.79 Å². The Morgan fingerprint density at radius 1 is 1.27 bits per heavy atom. The van der Waals surface area contributed by atoms with Crippen molar-refractivity contribution in [2.45, 2.75) is 37.7 Å². The molecule has 0 saturated carbocycles. The first-order chi connectivity index (χ1) is 12.5. The molecule has 1 aromatic rings. The van der Waals surface area contributed by atoms with Gasteiger partial charge in [-0.05, 0) is 11.5 Å². The first-order valence-corrected chi connectivity index (χ1v) is 9.32. The van der Waals surface area contributed by atoms with Crippen molar-refractivity contribution in [3.63, 3.8) is 0 Å². The molecule has 0 unspecified atom stereocenters. The Morgan fingerprint density at radius 3 is 2.62 bits per heavy atom. The molecule has 2 amide bonds. The maximum Gasteiger partial charge on any atom is 0.410 e. The third-order valence-corrected chi connectivity index (χ3v) is 5.45. The number of carbonyl (C=O) groups is 2. The van der Waals surface area contributed by atoms with Gasteiger partial charge in [0, 0.05) is 39.6 Å². The zero-order chi connectivity index (χ0) is 18.6. The van der Waals surface area contributed by atoms with E-state index in [2.05, 4.69) is 19.1 Å². The molecule has 0 aliphatic carbocycles. The summed E-state index contributed by atoms with van der Waals surface area (Å²) in [6.45, 7) is 5.12. The molecule has 2 heterocycles. The first-order valence-electron chi connectivity index (χ1n) is 9.32. The molecule has 1 spiro atoms. The van der Waals surface area contributed by atoms with Crippen LogP contribution in [0.3, 0.4) is 0 Å². The van der Waals surface area contributed by atoms with Gasteiger partial charge in [0.2, 0.25) is 5.91 Å². The van der Waals surface area contributed by atoms with Crippen molar-refractivity contribution in [1.82, 2.24) is 9.80 Å². The quantitative estimate of drug-likeness (QED) is 0.782. The average Bonchev–Trinajstić information content (AvgIpc) is 2.95. The van der Waals surface area contributed by atoms with E-state index in [-0.39, 0.29) is 17.9 Å². The van der Waals surface area contributed by atoms with Gasteiger partial charge in [0.25, 0.3) is 0 Å². The SMILES string of the molecule is COCCC(=O)N1CCC2(CC1)CN(C[C@H](C)c1ccccc1)C(=O)O2. The van der Waals surface area contributed by atoms with Crippen molar-refractivity contribution in [3.8, 4) is 0 Å². The zero-order valence-electron chi connectivity index (χ0n) is 15.6. The van der Waals surface area contributed by atoms with Gasteiger partial charge in [-0.2, -0.15) is 0 Å². The van der Waals surface area contributed by atoms with E-state index in [0.717, 1.165) is 0 Å². The number of methoxy groups -OCH3 is 1. The average molecular weight is 360 g/mol. The van der Waals surface area contributed by atoms with Crippen molar-refractivity contribution in [1.29, 1.82) is 0 Å². The van der Waals surface area contributed by atoms with Gasteiger partial charge in [-0.1, -0.05) is 37.3 Å².